The zero-order chi connectivity index (χ0) is 10.3. The maximum absolute atomic E-state index is 10.7. The summed E-state index contributed by atoms with van der Waals surface area (Å²) < 4.78 is 0. The number of nitro groups is 1. The quantitative estimate of drug-likeness (QED) is 0.440. The van der Waals surface area contributed by atoms with E-state index in [4.69, 9.17) is 11.6 Å². The molecule has 1 N–H and O–H groups in total. The number of hydrogen-bond donors (Lipinski definition) is 1. The van der Waals surface area contributed by atoms with Gasteiger partial charge in [0.25, 0.3) is 0 Å². The molecular formula is C8H8ClN3O2. The number of nitrogens with one attached hydrogen (secondary N) is 1. The summed E-state index contributed by atoms with van der Waals surface area (Å²) >= 11 is 5.72. The van der Waals surface area contributed by atoms with Crippen LogP contribution in [0.2, 0.25) is 5.15 Å². The Morgan fingerprint density at radius 2 is 2.36 bits per heavy atom. The first kappa shape index (κ1) is 9.21. The van der Waals surface area contributed by atoms with Gasteiger partial charge in [0, 0.05) is 17.7 Å². The van der Waals surface area contributed by atoms with E-state index in [1.807, 2.05) is 0 Å². The second-order valence-electron chi connectivity index (χ2n) is 3.14. The third-order valence-electron chi connectivity index (χ3n) is 2.35. The molecule has 5 nitrogen and oxygen atoms in total. The number of aromatic nitrogens is 1. The average Bonchev–Trinajstić information content (AvgIpc) is 2.50. The molecule has 0 saturated carbocycles. The number of pyridine rings is 1. The highest BCUT2D eigenvalue weighted by Crippen LogP contribution is 2.34. The Bertz CT molecular complexity index is 420. The molecule has 0 amide bonds. The number of fused-ring (bicyclic) bond motifs is 1. The molecule has 2 rings (SSSR count). The van der Waals surface area contributed by atoms with Crippen LogP contribution in [0.15, 0.2) is 0 Å². The summed E-state index contributed by atoms with van der Waals surface area (Å²) in [5, 5.41) is 13.7. The average molecular weight is 214 g/mol. The van der Waals surface area contributed by atoms with Gasteiger partial charge < -0.3 is 5.32 Å². The second-order valence-corrected chi connectivity index (χ2v) is 3.50. The third-order valence-corrected chi connectivity index (χ3v) is 2.61. The van der Waals surface area contributed by atoms with Crippen molar-refractivity contribution in [1.82, 2.24) is 4.98 Å². The third kappa shape index (κ3) is 1.21. The Balaban J connectivity index is 2.68. The molecule has 0 radical (unpaired) electrons. The highest BCUT2D eigenvalue weighted by atomic mass is 35.5. The Morgan fingerprint density at radius 1 is 1.64 bits per heavy atom. The van der Waals surface area contributed by atoms with Crippen LogP contribution in [0.25, 0.3) is 0 Å². The van der Waals surface area contributed by atoms with E-state index in [1.165, 1.54) is 0 Å². The summed E-state index contributed by atoms with van der Waals surface area (Å²) in [6.45, 7) is 2.47. The van der Waals surface area contributed by atoms with Crippen molar-refractivity contribution < 1.29 is 4.92 Å². The van der Waals surface area contributed by atoms with Crippen molar-refractivity contribution in [2.75, 3.05) is 11.9 Å². The highest BCUT2D eigenvalue weighted by Gasteiger charge is 2.26. The number of anilines is 1. The molecule has 14 heavy (non-hydrogen) atoms. The van der Waals surface area contributed by atoms with Gasteiger partial charge in [0.05, 0.1) is 4.92 Å². The Hall–Kier alpha value is -1.36. The Kier molecular flexibility index (Phi) is 2.03. The van der Waals surface area contributed by atoms with E-state index < -0.39 is 4.92 Å². The van der Waals surface area contributed by atoms with Crippen LogP contribution in [0.4, 0.5) is 11.5 Å². The molecule has 1 aliphatic rings. The minimum Gasteiger partial charge on any atom is -0.369 e. The van der Waals surface area contributed by atoms with Crippen molar-refractivity contribution in [2.45, 2.75) is 13.3 Å². The van der Waals surface area contributed by atoms with Crippen LogP contribution in [0.1, 0.15) is 11.1 Å². The van der Waals surface area contributed by atoms with Gasteiger partial charge in [-0.25, -0.2) is 4.98 Å². The van der Waals surface area contributed by atoms with Crippen LogP contribution >= 0.6 is 11.6 Å². The lowest BCUT2D eigenvalue weighted by Crippen LogP contribution is -1.99. The lowest BCUT2D eigenvalue weighted by molar-refractivity contribution is -0.385. The first-order valence-electron chi connectivity index (χ1n) is 4.18. The van der Waals surface area contributed by atoms with E-state index in [9.17, 15) is 10.1 Å². The van der Waals surface area contributed by atoms with E-state index in [-0.39, 0.29) is 10.8 Å². The molecule has 0 saturated heterocycles. The molecule has 1 aliphatic heterocycles. The topological polar surface area (TPSA) is 68.1 Å². The molecule has 6 heteroatoms. The van der Waals surface area contributed by atoms with E-state index in [1.54, 1.807) is 6.92 Å². The largest absolute Gasteiger partial charge is 0.369 e. The molecule has 0 atom stereocenters. The lowest BCUT2D eigenvalue weighted by Gasteiger charge is -2.04. The first-order valence-corrected chi connectivity index (χ1v) is 4.56. The number of halogens is 1. The van der Waals surface area contributed by atoms with Crippen LogP contribution < -0.4 is 5.32 Å². The monoisotopic (exact) mass is 213 g/mol. The standard InChI is InChI=1S/C8H8ClN3O2/c1-4-5-2-3-10-8(5)11-7(9)6(4)12(13)14/h2-3H2,1H3,(H,10,11). The van der Waals surface area contributed by atoms with Gasteiger partial charge in [-0.1, -0.05) is 11.6 Å². The molecule has 1 aromatic rings. The second kappa shape index (κ2) is 3.09. The molecule has 0 fully saturated rings. The van der Waals surface area contributed by atoms with E-state index in [2.05, 4.69) is 10.3 Å². The molecule has 0 bridgehead atoms. The zero-order valence-electron chi connectivity index (χ0n) is 7.50. The van der Waals surface area contributed by atoms with Gasteiger partial charge in [-0.2, -0.15) is 0 Å². The summed E-state index contributed by atoms with van der Waals surface area (Å²) in [6.07, 6.45) is 0.770. The van der Waals surface area contributed by atoms with Gasteiger partial charge in [-0.15, -0.1) is 0 Å². The van der Waals surface area contributed by atoms with Gasteiger partial charge in [0.2, 0.25) is 5.15 Å². The van der Waals surface area contributed by atoms with Crippen molar-refractivity contribution in [3.05, 3.63) is 26.4 Å². The predicted octanol–water partition coefficient (Wildman–Crippen LogP) is 1.92. The molecule has 0 aromatic carbocycles. The smallest absolute Gasteiger partial charge is 0.309 e. The normalized spacial score (nSPS) is 13.6. The van der Waals surface area contributed by atoms with Crippen molar-refractivity contribution in [3.8, 4) is 0 Å². The molecular weight excluding hydrogens is 206 g/mol. The van der Waals surface area contributed by atoms with E-state index >= 15 is 0 Å². The summed E-state index contributed by atoms with van der Waals surface area (Å²) in [6, 6.07) is 0. The zero-order valence-corrected chi connectivity index (χ0v) is 8.26. The van der Waals surface area contributed by atoms with E-state index in [0.29, 0.717) is 11.4 Å². The summed E-state index contributed by atoms with van der Waals surface area (Å²) in [5.41, 5.74) is 1.45. The maximum atomic E-state index is 10.7. The van der Waals surface area contributed by atoms with Gasteiger partial charge in [0.15, 0.2) is 0 Å². The van der Waals surface area contributed by atoms with Crippen LogP contribution in [0, 0.1) is 17.0 Å². The maximum Gasteiger partial charge on any atom is 0.309 e. The summed E-state index contributed by atoms with van der Waals surface area (Å²) in [5.74, 6) is 0.679. The molecule has 1 aromatic heterocycles. The number of nitrogens with zero attached hydrogens (tertiary/aromatic N) is 2. The van der Waals surface area contributed by atoms with Crippen molar-refractivity contribution in [2.24, 2.45) is 0 Å². The Morgan fingerprint density at radius 3 is 3.00 bits per heavy atom. The molecule has 0 spiro atoms. The SMILES string of the molecule is Cc1c2c(nc(Cl)c1[N+](=O)[O-])NCC2. The number of hydrogen-bond acceptors (Lipinski definition) is 4. The van der Waals surface area contributed by atoms with Crippen molar-refractivity contribution in [1.29, 1.82) is 0 Å². The first-order chi connectivity index (χ1) is 6.61. The van der Waals surface area contributed by atoms with E-state index in [0.717, 1.165) is 18.5 Å². The molecule has 0 unspecified atom stereocenters. The Labute approximate surface area is 85.2 Å². The predicted molar refractivity (Wildman–Crippen MR) is 52.8 cm³/mol. The van der Waals surface area contributed by atoms with Gasteiger partial charge in [0.1, 0.15) is 5.82 Å². The molecule has 74 valence electrons. The fraction of sp³-hybridized carbons (Fsp3) is 0.375. The van der Waals surface area contributed by atoms with Gasteiger partial charge in [-0.05, 0) is 13.3 Å². The van der Waals surface area contributed by atoms with Gasteiger partial charge in [-0.3, -0.25) is 10.1 Å². The minimum atomic E-state index is -0.483. The summed E-state index contributed by atoms with van der Waals surface area (Å²) in [7, 11) is 0. The molecule has 2 heterocycles. The van der Waals surface area contributed by atoms with Crippen LogP contribution in [0.5, 0.6) is 0 Å². The van der Waals surface area contributed by atoms with Crippen molar-refractivity contribution >= 4 is 23.1 Å². The minimum absolute atomic E-state index is 0.0411. The van der Waals surface area contributed by atoms with Crippen LogP contribution in [-0.4, -0.2) is 16.5 Å². The molecule has 0 aliphatic carbocycles. The highest BCUT2D eigenvalue weighted by molar-refractivity contribution is 6.31. The van der Waals surface area contributed by atoms with Gasteiger partial charge >= 0.3 is 5.69 Å². The van der Waals surface area contributed by atoms with Crippen molar-refractivity contribution in [3.63, 3.8) is 0 Å². The fourth-order valence-electron chi connectivity index (χ4n) is 1.66. The van der Waals surface area contributed by atoms with Crippen LogP contribution in [-0.2, 0) is 6.42 Å². The number of rotatable bonds is 1. The summed E-state index contributed by atoms with van der Waals surface area (Å²) in [4.78, 5) is 14.2. The van der Waals surface area contributed by atoms with Crippen LogP contribution in [0.3, 0.4) is 0 Å². The lowest BCUT2D eigenvalue weighted by atomic mass is 10.1. The fourth-order valence-corrected chi connectivity index (χ4v) is 1.96.